The summed E-state index contributed by atoms with van der Waals surface area (Å²) in [6.45, 7) is 9.97. The minimum Gasteiger partial charge on any atom is -1.00 e. The molecule has 0 saturated heterocycles. The Hall–Kier alpha value is -1.79. The zero-order valence-electron chi connectivity index (χ0n) is 16.8. The molecule has 0 bridgehead atoms. The van der Waals surface area contributed by atoms with Gasteiger partial charge in [0.25, 0.3) is 0 Å². The summed E-state index contributed by atoms with van der Waals surface area (Å²) in [5.41, 5.74) is 5.36. The third-order valence-electron chi connectivity index (χ3n) is 4.35. The van der Waals surface area contributed by atoms with Gasteiger partial charge in [0.15, 0.2) is 0 Å². The van der Waals surface area contributed by atoms with Gasteiger partial charge in [-0.1, -0.05) is 50.3 Å². The molecule has 0 saturated carbocycles. The van der Waals surface area contributed by atoms with Crippen molar-refractivity contribution in [1.29, 1.82) is 0 Å². The van der Waals surface area contributed by atoms with Crippen LogP contribution in [0.3, 0.4) is 0 Å². The van der Waals surface area contributed by atoms with Crippen LogP contribution in [0.15, 0.2) is 30.9 Å². The monoisotopic (exact) mass is 386 g/mol. The summed E-state index contributed by atoms with van der Waals surface area (Å²) in [4.78, 5) is 0. The molecule has 2 rings (SSSR count). The molecule has 0 N–H and O–H groups in total. The predicted molar refractivity (Wildman–Crippen MR) is 103 cm³/mol. The Kier molecular flexibility index (Phi) is 12.5. The Morgan fingerprint density at radius 1 is 0.926 bits per heavy atom. The number of unbranched alkanes of at least 4 members (excludes halogenated alkanes) is 5. The Bertz CT molecular complexity index is 633. The summed E-state index contributed by atoms with van der Waals surface area (Å²) in [7, 11) is -3.67. The SMILES string of the molecule is CCCCCCCC[n+]1ccn(-c2c(C)cc(C)cc2C)c1.FB(F)F.[F-]. The molecule has 0 aliphatic carbocycles. The third-order valence-corrected chi connectivity index (χ3v) is 4.35. The van der Waals surface area contributed by atoms with Gasteiger partial charge >= 0.3 is 7.54 Å². The van der Waals surface area contributed by atoms with Crippen LogP contribution < -0.4 is 9.27 Å². The van der Waals surface area contributed by atoms with Crippen molar-refractivity contribution in [3.8, 4) is 5.69 Å². The van der Waals surface area contributed by atoms with Crippen LogP contribution in [0, 0.1) is 20.8 Å². The Labute approximate surface area is 161 Å². The van der Waals surface area contributed by atoms with E-state index in [0.717, 1.165) is 6.54 Å². The summed E-state index contributed by atoms with van der Waals surface area (Å²) in [5.74, 6) is 0. The minimum absolute atomic E-state index is 0. The van der Waals surface area contributed by atoms with Crippen molar-refractivity contribution in [2.45, 2.75) is 72.8 Å². The summed E-state index contributed by atoms with van der Waals surface area (Å²) in [6, 6.07) is 4.53. The average molecular weight is 386 g/mol. The molecule has 0 aliphatic rings. The second-order valence-corrected chi connectivity index (χ2v) is 6.82. The van der Waals surface area contributed by atoms with E-state index >= 15 is 0 Å². The molecule has 0 aliphatic heterocycles. The highest BCUT2D eigenvalue weighted by Crippen LogP contribution is 2.20. The van der Waals surface area contributed by atoms with Gasteiger partial charge in [-0.05, 0) is 44.7 Å². The lowest BCUT2D eigenvalue weighted by molar-refractivity contribution is -0.696. The van der Waals surface area contributed by atoms with Crippen LogP contribution in [0.25, 0.3) is 5.69 Å². The zero-order chi connectivity index (χ0) is 19.5. The topological polar surface area (TPSA) is 8.81 Å². The molecule has 152 valence electrons. The van der Waals surface area contributed by atoms with Crippen LogP contribution in [0.2, 0.25) is 0 Å². The fraction of sp³-hybridized carbons (Fsp3) is 0.550. The molecular formula is C20H31BF4N2. The number of aromatic nitrogens is 2. The van der Waals surface area contributed by atoms with Gasteiger partial charge in [-0.15, -0.1) is 0 Å². The zero-order valence-corrected chi connectivity index (χ0v) is 16.8. The quantitative estimate of drug-likeness (QED) is 0.286. The van der Waals surface area contributed by atoms with Crippen LogP contribution in [0.1, 0.15) is 62.1 Å². The lowest BCUT2D eigenvalue weighted by atomic mass is 10.1. The van der Waals surface area contributed by atoms with E-state index in [0.29, 0.717) is 0 Å². The van der Waals surface area contributed by atoms with E-state index in [9.17, 15) is 12.9 Å². The van der Waals surface area contributed by atoms with Crippen molar-refractivity contribution in [2.24, 2.45) is 0 Å². The molecule has 1 aromatic heterocycles. The molecule has 2 aromatic rings. The maximum atomic E-state index is 9.67. The smallest absolute Gasteiger partial charge is 0.762 e. The standard InChI is InChI=1S/C20H31N2.BF3.FH/c1-5-6-7-8-9-10-11-21-12-13-22(16-21)20-18(3)14-17(2)15-19(20)4;2-1(3)4;/h12-16H,5-11H2,1-4H3;;1H/q+1;;/p-1. The maximum Gasteiger partial charge on any atom is 0.762 e. The second-order valence-electron chi connectivity index (χ2n) is 6.82. The number of aryl methyl sites for hydroxylation is 4. The summed E-state index contributed by atoms with van der Waals surface area (Å²) in [6.07, 6.45) is 14.7. The van der Waals surface area contributed by atoms with Gasteiger partial charge in [-0.3, -0.25) is 12.9 Å². The minimum atomic E-state index is -3.67. The van der Waals surface area contributed by atoms with E-state index in [2.05, 4.69) is 67.7 Å². The van der Waals surface area contributed by atoms with Gasteiger partial charge in [-0.2, -0.15) is 0 Å². The fourth-order valence-corrected chi connectivity index (χ4v) is 3.31. The molecule has 0 unspecified atom stereocenters. The number of benzene rings is 1. The molecule has 0 spiro atoms. The molecule has 0 fully saturated rings. The fourth-order valence-electron chi connectivity index (χ4n) is 3.31. The first-order valence-electron chi connectivity index (χ1n) is 9.42. The Morgan fingerprint density at radius 3 is 2.00 bits per heavy atom. The Balaban J connectivity index is 0.00000123. The highest BCUT2D eigenvalue weighted by atomic mass is 19.4. The van der Waals surface area contributed by atoms with Crippen LogP contribution in [-0.2, 0) is 6.54 Å². The van der Waals surface area contributed by atoms with E-state index in [4.69, 9.17) is 0 Å². The largest absolute Gasteiger partial charge is 1.00 e. The van der Waals surface area contributed by atoms with Gasteiger partial charge in [0.05, 0.1) is 6.54 Å². The van der Waals surface area contributed by atoms with Crippen molar-refractivity contribution in [1.82, 2.24) is 4.57 Å². The van der Waals surface area contributed by atoms with Crippen molar-refractivity contribution in [3.05, 3.63) is 47.5 Å². The highest BCUT2D eigenvalue weighted by molar-refractivity contribution is 6.33. The number of rotatable bonds is 8. The molecule has 1 aromatic carbocycles. The van der Waals surface area contributed by atoms with Crippen molar-refractivity contribution in [3.63, 3.8) is 0 Å². The summed E-state index contributed by atoms with van der Waals surface area (Å²) < 4.78 is 33.6. The molecule has 7 heteroatoms. The molecule has 0 radical (unpaired) electrons. The van der Waals surface area contributed by atoms with E-state index in [1.54, 1.807) is 0 Å². The first-order valence-corrected chi connectivity index (χ1v) is 9.42. The van der Waals surface area contributed by atoms with E-state index in [1.165, 1.54) is 60.9 Å². The van der Waals surface area contributed by atoms with Crippen molar-refractivity contribution >= 4 is 7.54 Å². The molecule has 0 atom stereocenters. The van der Waals surface area contributed by atoms with Gasteiger partial charge < -0.3 is 4.70 Å². The second kappa shape index (κ2) is 13.4. The third kappa shape index (κ3) is 9.64. The van der Waals surface area contributed by atoms with Gasteiger partial charge in [-0.25, -0.2) is 9.13 Å². The van der Waals surface area contributed by atoms with Gasteiger partial charge in [0, 0.05) is 0 Å². The summed E-state index contributed by atoms with van der Waals surface area (Å²) in [5, 5.41) is 0. The number of halogens is 4. The first-order chi connectivity index (χ1) is 12.3. The number of imidazole rings is 1. The Morgan fingerprint density at radius 2 is 1.44 bits per heavy atom. The normalized spacial score (nSPS) is 10.0. The van der Waals surface area contributed by atoms with Gasteiger partial charge in [0.1, 0.15) is 18.1 Å². The van der Waals surface area contributed by atoms with E-state index < -0.39 is 7.54 Å². The van der Waals surface area contributed by atoms with Crippen LogP contribution >= 0.6 is 0 Å². The molecule has 0 amide bonds. The average Bonchev–Trinajstić information content (AvgIpc) is 2.97. The van der Waals surface area contributed by atoms with Gasteiger partial charge in [0.2, 0.25) is 6.33 Å². The number of hydrogen-bond acceptors (Lipinski definition) is 0. The predicted octanol–water partition coefficient (Wildman–Crippen LogP) is 2.93. The lowest BCUT2D eigenvalue weighted by Crippen LogP contribution is -3.00. The van der Waals surface area contributed by atoms with E-state index in [1.807, 2.05) is 0 Å². The van der Waals surface area contributed by atoms with E-state index in [-0.39, 0.29) is 4.70 Å². The molecule has 27 heavy (non-hydrogen) atoms. The van der Waals surface area contributed by atoms with Crippen molar-refractivity contribution in [2.75, 3.05) is 0 Å². The number of hydrogen-bond donors (Lipinski definition) is 0. The summed E-state index contributed by atoms with van der Waals surface area (Å²) >= 11 is 0. The van der Waals surface area contributed by atoms with Crippen LogP contribution in [0.4, 0.5) is 12.9 Å². The van der Waals surface area contributed by atoms with Crippen LogP contribution in [0.5, 0.6) is 0 Å². The van der Waals surface area contributed by atoms with Crippen molar-refractivity contribution < 1.29 is 22.2 Å². The molecular weight excluding hydrogens is 355 g/mol. The highest BCUT2D eigenvalue weighted by Gasteiger charge is 2.12. The molecule has 2 nitrogen and oxygen atoms in total. The number of nitrogens with zero attached hydrogens (tertiary/aromatic N) is 2. The maximum absolute atomic E-state index is 9.67. The lowest BCUT2D eigenvalue weighted by Gasteiger charge is -2.07. The molecule has 1 heterocycles. The van der Waals surface area contributed by atoms with Crippen LogP contribution in [-0.4, -0.2) is 12.1 Å². The first kappa shape index (κ1) is 25.2.